The van der Waals surface area contributed by atoms with Gasteiger partial charge in [-0.25, -0.2) is 8.42 Å². The maximum atomic E-state index is 11.1. The quantitative estimate of drug-likeness (QED) is 0.727. The van der Waals surface area contributed by atoms with Gasteiger partial charge in [0.2, 0.25) is 0 Å². The van der Waals surface area contributed by atoms with Crippen LogP contribution in [-0.2, 0) is 9.84 Å². The average molecular weight is 234 g/mol. The minimum absolute atomic E-state index is 0.0584. The SMILES string of the molecule is CC(CS(C)(=O)=O)NC1CCCNCC1. The second kappa shape index (κ2) is 5.82. The third kappa shape index (κ3) is 6.12. The molecule has 0 amide bonds. The van der Waals surface area contributed by atoms with E-state index < -0.39 is 9.84 Å². The van der Waals surface area contributed by atoms with Crippen LogP contribution in [0, 0.1) is 0 Å². The molecule has 0 aromatic heterocycles. The third-order valence-corrected chi connectivity index (χ3v) is 3.75. The van der Waals surface area contributed by atoms with Crippen molar-refractivity contribution in [3.05, 3.63) is 0 Å². The Morgan fingerprint density at radius 3 is 2.80 bits per heavy atom. The molecule has 0 aromatic carbocycles. The Labute approximate surface area is 92.7 Å². The molecule has 1 rings (SSSR count). The lowest BCUT2D eigenvalue weighted by Gasteiger charge is -2.21. The van der Waals surface area contributed by atoms with Gasteiger partial charge in [-0.2, -0.15) is 0 Å². The fourth-order valence-corrected chi connectivity index (χ4v) is 3.09. The molecule has 5 heteroatoms. The Bertz CT molecular complexity index is 269. The number of nitrogens with one attached hydrogen (secondary N) is 2. The van der Waals surface area contributed by atoms with E-state index in [1.807, 2.05) is 6.92 Å². The van der Waals surface area contributed by atoms with Gasteiger partial charge in [-0.1, -0.05) is 0 Å². The molecular formula is C10H22N2O2S. The van der Waals surface area contributed by atoms with Gasteiger partial charge in [-0.3, -0.25) is 0 Å². The number of hydrogen-bond acceptors (Lipinski definition) is 4. The maximum Gasteiger partial charge on any atom is 0.148 e. The van der Waals surface area contributed by atoms with Gasteiger partial charge in [-0.05, 0) is 39.3 Å². The van der Waals surface area contributed by atoms with Crippen molar-refractivity contribution in [1.29, 1.82) is 0 Å². The van der Waals surface area contributed by atoms with Gasteiger partial charge in [0.15, 0.2) is 0 Å². The minimum atomic E-state index is -2.86. The molecule has 0 bridgehead atoms. The Hall–Kier alpha value is -0.130. The molecule has 2 atom stereocenters. The van der Waals surface area contributed by atoms with Crippen LogP contribution in [0.1, 0.15) is 26.2 Å². The first-order valence-corrected chi connectivity index (χ1v) is 7.68. The summed E-state index contributed by atoms with van der Waals surface area (Å²) in [5.41, 5.74) is 0. The van der Waals surface area contributed by atoms with E-state index in [0.29, 0.717) is 6.04 Å². The molecule has 0 aliphatic carbocycles. The Morgan fingerprint density at radius 1 is 1.40 bits per heavy atom. The monoisotopic (exact) mass is 234 g/mol. The van der Waals surface area contributed by atoms with E-state index in [9.17, 15) is 8.42 Å². The predicted octanol–water partition coefficient (Wildman–Crippen LogP) is 0.151. The van der Waals surface area contributed by atoms with Crippen LogP contribution < -0.4 is 10.6 Å². The fourth-order valence-electron chi connectivity index (χ4n) is 2.09. The summed E-state index contributed by atoms with van der Waals surface area (Å²) in [6.07, 6.45) is 4.69. The molecule has 4 nitrogen and oxygen atoms in total. The van der Waals surface area contributed by atoms with Crippen LogP contribution in [0.5, 0.6) is 0 Å². The summed E-state index contributed by atoms with van der Waals surface area (Å²) in [4.78, 5) is 0. The van der Waals surface area contributed by atoms with Crippen molar-refractivity contribution in [1.82, 2.24) is 10.6 Å². The first-order chi connectivity index (χ1) is 6.97. The average Bonchev–Trinajstić information content (AvgIpc) is 2.28. The molecule has 1 aliphatic heterocycles. The standard InChI is InChI=1S/C10H22N2O2S/c1-9(8-15(2,13)14)12-10-4-3-6-11-7-5-10/h9-12H,3-8H2,1-2H3. The van der Waals surface area contributed by atoms with Crippen molar-refractivity contribution in [2.24, 2.45) is 0 Å². The molecule has 0 saturated carbocycles. The Morgan fingerprint density at radius 2 is 2.13 bits per heavy atom. The zero-order valence-corrected chi connectivity index (χ0v) is 10.4. The van der Waals surface area contributed by atoms with Gasteiger partial charge in [0.25, 0.3) is 0 Å². The van der Waals surface area contributed by atoms with Crippen LogP contribution in [0.25, 0.3) is 0 Å². The molecule has 2 N–H and O–H groups in total. The van der Waals surface area contributed by atoms with E-state index in [-0.39, 0.29) is 11.8 Å². The molecule has 1 heterocycles. The number of rotatable bonds is 4. The molecule has 0 radical (unpaired) electrons. The first kappa shape index (κ1) is 12.9. The van der Waals surface area contributed by atoms with Crippen molar-refractivity contribution in [2.45, 2.75) is 38.3 Å². The second-order valence-corrected chi connectivity index (χ2v) is 6.72. The van der Waals surface area contributed by atoms with Crippen LogP contribution in [0.3, 0.4) is 0 Å². The van der Waals surface area contributed by atoms with Crippen LogP contribution in [0.2, 0.25) is 0 Å². The zero-order chi connectivity index (χ0) is 11.3. The summed E-state index contributed by atoms with van der Waals surface area (Å²) < 4.78 is 22.2. The van der Waals surface area contributed by atoms with Gasteiger partial charge in [0.05, 0.1) is 5.75 Å². The molecule has 0 aromatic rings. The number of hydrogen-bond donors (Lipinski definition) is 2. The molecule has 15 heavy (non-hydrogen) atoms. The van der Waals surface area contributed by atoms with E-state index in [4.69, 9.17) is 0 Å². The lowest BCUT2D eigenvalue weighted by molar-refractivity contribution is 0.429. The lowest BCUT2D eigenvalue weighted by atomic mass is 10.1. The number of sulfone groups is 1. The highest BCUT2D eigenvalue weighted by atomic mass is 32.2. The van der Waals surface area contributed by atoms with E-state index in [1.54, 1.807) is 0 Å². The molecule has 1 aliphatic rings. The summed E-state index contributed by atoms with van der Waals surface area (Å²) in [5.74, 6) is 0.233. The van der Waals surface area contributed by atoms with Crippen LogP contribution in [-0.4, -0.2) is 45.6 Å². The highest BCUT2D eigenvalue weighted by molar-refractivity contribution is 7.90. The van der Waals surface area contributed by atoms with Crippen LogP contribution >= 0.6 is 0 Å². The fraction of sp³-hybridized carbons (Fsp3) is 1.00. The lowest BCUT2D eigenvalue weighted by Crippen LogP contribution is -2.40. The molecular weight excluding hydrogens is 212 g/mol. The van der Waals surface area contributed by atoms with Gasteiger partial charge in [0.1, 0.15) is 9.84 Å². The maximum absolute atomic E-state index is 11.1. The largest absolute Gasteiger partial charge is 0.317 e. The molecule has 0 spiro atoms. The van der Waals surface area contributed by atoms with E-state index in [1.165, 1.54) is 12.7 Å². The van der Waals surface area contributed by atoms with Crippen molar-refractivity contribution in [3.63, 3.8) is 0 Å². The van der Waals surface area contributed by atoms with E-state index >= 15 is 0 Å². The van der Waals surface area contributed by atoms with Crippen molar-refractivity contribution < 1.29 is 8.42 Å². The smallest absolute Gasteiger partial charge is 0.148 e. The minimum Gasteiger partial charge on any atom is -0.317 e. The van der Waals surface area contributed by atoms with E-state index in [0.717, 1.165) is 25.9 Å². The van der Waals surface area contributed by atoms with E-state index in [2.05, 4.69) is 10.6 Å². The van der Waals surface area contributed by atoms with Crippen LogP contribution in [0.4, 0.5) is 0 Å². The highest BCUT2D eigenvalue weighted by Gasteiger charge is 2.16. The van der Waals surface area contributed by atoms with Crippen molar-refractivity contribution >= 4 is 9.84 Å². The van der Waals surface area contributed by atoms with Gasteiger partial charge in [0, 0.05) is 18.3 Å². The summed E-state index contributed by atoms with van der Waals surface area (Å²) in [5, 5.41) is 6.74. The Balaban J connectivity index is 2.32. The summed E-state index contributed by atoms with van der Waals surface area (Å²) in [6, 6.07) is 0.528. The summed E-state index contributed by atoms with van der Waals surface area (Å²) >= 11 is 0. The zero-order valence-electron chi connectivity index (χ0n) is 9.62. The highest BCUT2D eigenvalue weighted by Crippen LogP contribution is 2.06. The van der Waals surface area contributed by atoms with Crippen molar-refractivity contribution in [2.75, 3.05) is 25.1 Å². The van der Waals surface area contributed by atoms with Gasteiger partial charge >= 0.3 is 0 Å². The molecule has 1 saturated heterocycles. The molecule has 90 valence electrons. The molecule has 1 fully saturated rings. The van der Waals surface area contributed by atoms with Gasteiger partial charge < -0.3 is 10.6 Å². The topological polar surface area (TPSA) is 58.2 Å². The third-order valence-electron chi connectivity index (χ3n) is 2.65. The normalized spacial score (nSPS) is 25.9. The van der Waals surface area contributed by atoms with Crippen molar-refractivity contribution in [3.8, 4) is 0 Å². The predicted molar refractivity (Wildman–Crippen MR) is 62.8 cm³/mol. The Kier molecular flexibility index (Phi) is 5.02. The molecule has 2 unspecified atom stereocenters. The summed E-state index contributed by atoms with van der Waals surface area (Å²) in [7, 11) is -2.86. The first-order valence-electron chi connectivity index (χ1n) is 5.62. The van der Waals surface area contributed by atoms with Crippen LogP contribution in [0.15, 0.2) is 0 Å². The summed E-state index contributed by atoms with van der Waals surface area (Å²) in [6.45, 7) is 4.06. The second-order valence-electron chi connectivity index (χ2n) is 4.54. The van der Waals surface area contributed by atoms with Gasteiger partial charge in [-0.15, -0.1) is 0 Å².